The number of benzene rings is 1. The van der Waals surface area contributed by atoms with Crippen molar-refractivity contribution in [2.45, 2.75) is 19.0 Å². The first-order chi connectivity index (χ1) is 10.9. The Labute approximate surface area is 130 Å². The number of amides is 1. The van der Waals surface area contributed by atoms with Crippen LogP contribution in [0.25, 0.3) is 10.8 Å². The molecule has 1 amide bonds. The van der Waals surface area contributed by atoms with Crippen molar-refractivity contribution in [3.05, 3.63) is 36.2 Å². The van der Waals surface area contributed by atoms with Crippen LogP contribution in [0.3, 0.4) is 0 Å². The van der Waals surface area contributed by atoms with Crippen LogP contribution in [-0.4, -0.2) is 40.2 Å². The number of nitrogens with zero attached hydrogens (tertiary/aromatic N) is 2. The first-order valence-corrected chi connectivity index (χ1v) is 7.30. The molecule has 1 aliphatic heterocycles. The number of pyridine rings is 1. The fourth-order valence-electron chi connectivity index (χ4n) is 2.86. The number of rotatable bonds is 1. The third kappa shape index (κ3) is 2.95. The highest BCUT2D eigenvalue weighted by atomic mass is 19.4. The Morgan fingerprint density at radius 2 is 1.87 bits per heavy atom. The predicted octanol–water partition coefficient (Wildman–Crippen LogP) is 3.35. The van der Waals surface area contributed by atoms with E-state index in [4.69, 9.17) is 0 Å². The van der Waals surface area contributed by atoms with E-state index >= 15 is 0 Å². The van der Waals surface area contributed by atoms with Gasteiger partial charge in [-0.05, 0) is 12.8 Å². The van der Waals surface area contributed by atoms with Gasteiger partial charge in [0.2, 0.25) is 0 Å². The Morgan fingerprint density at radius 3 is 2.52 bits per heavy atom. The SMILES string of the molecule is O=C(c1ncc2ccccc2c1O)N1CCC(C(F)(F)F)CC1. The second-order valence-electron chi connectivity index (χ2n) is 5.65. The molecular formula is C16H15F3N2O2. The molecule has 23 heavy (non-hydrogen) atoms. The maximum absolute atomic E-state index is 12.7. The van der Waals surface area contributed by atoms with E-state index in [0.717, 1.165) is 0 Å². The van der Waals surface area contributed by atoms with E-state index in [1.807, 2.05) is 0 Å². The summed E-state index contributed by atoms with van der Waals surface area (Å²) in [6.07, 6.45) is -2.99. The van der Waals surface area contributed by atoms with Gasteiger partial charge in [0, 0.05) is 30.1 Å². The van der Waals surface area contributed by atoms with Gasteiger partial charge in [-0.25, -0.2) is 4.98 Å². The van der Waals surface area contributed by atoms with Crippen molar-refractivity contribution >= 4 is 16.7 Å². The Bertz CT molecular complexity index is 738. The number of piperidine rings is 1. The lowest BCUT2D eigenvalue weighted by molar-refractivity contribution is -0.183. The summed E-state index contributed by atoms with van der Waals surface area (Å²) in [6, 6.07) is 6.93. The molecule has 3 rings (SSSR count). The van der Waals surface area contributed by atoms with Crippen molar-refractivity contribution in [2.24, 2.45) is 5.92 Å². The second-order valence-corrected chi connectivity index (χ2v) is 5.65. The summed E-state index contributed by atoms with van der Waals surface area (Å²) in [5.74, 6) is -2.13. The van der Waals surface area contributed by atoms with E-state index in [0.29, 0.717) is 10.8 Å². The molecule has 0 spiro atoms. The minimum absolute atomic E-state index is 0.0109. The summed E-state index contributed by atoms with van der Waals surface area (Å²) < 4.78 is 38.0. The molecule has 0 bridgehead atoms. The van der Waals surface area contributed by atoms with Crippen LogP contribution in [0.15, 0.2) is 30.5 Å². The summed E-state index contributed by atoms with van der Waals surface area (Å²) in [6.45, 7) is 0.0217. The van der Waals surface area contributed by atoms with Crippen molar-refractivity contribution in [3.8, 4) is 5.75 Å². The molecule has 1 aromatic heterocycles. The molecule has 1 N–H and O–H groups in total. The Kier molecular flexibility index (Phi) is 3.87. The first kappa shape index (κ1) is 15.6. The number of fused-ring (bicyclic) bond motifs is 1. The van der Waals surface area contributed by atoms with Gasteiger partial charge < -0.3 is 10.0 Å². The van der Waals surface area contributed by atoms with E-state index in [1.54, 1.807) is 24.3 Å². The van der Waals surface area contributed by atoms with Crippen molar-refractivity contribution < 1.29 is 23.1 Å². The lowest BCUT2D eigenvalue weighted by atomic mass is 9.96. The van der Waals surface area contributed by atoms with E-state index < -0.39 is 18.0 Å². The van der Waals surface area contributed by atoms with Crippen molar-refractivity contribution in [1.82, 2.24) is 9.88 Å². The molecule has 7 heteroatoms. The Hall–Kier alpha value is -2.31. The maximum atomic E-state index is 12.7. The van der Waals surface area contributed by atoms with Crippen LogP contribution in [-0.2, 0) is 0 Å². The second kappa shape index (κ2) is 5.72. The molecule has 0 unspecified atom stereocenters. The zero-order chi connectivity index (χ0) is 16.6. The Balaban J connectivity index is 1.81. The standard InChI is InChI=1S/C16H15F3N2O2/c17-16(18,19)11-5-7-21(8-6-11)15(23)13-14(22)12-4-2-1-3-10(12)9-20-13/h1-4,9,11,22H,5-8H2. The number of hydrogen-bond acceptors (Lipinski definition) is 3. The summed E-state index contributed by atoms with van der Waals surface area (Å²) >= 11 is 0. The van der Waals surface area contributed by atoms with Crippen molar-refractivity contribution in [3.63, 3.8) is 0 Å². The number of likely N-dealkylation sites (tertiary alicyclic amines) is 1. The van der Waals surface area contributed by atoms with E-state index in [-0.39, 0.29) is 37.4 Å². The molecule has 1 fully saturated rings. The summed E-state index contributed by atoms with van der Waals surface area (Å²) in [5.41, 5.74) is -0.117. The zero-order valence-corrected chi connectivity index (χ0v) is 12.2. The largest absolute Gasteiger partial charge is 0.505 e. The third-order valence-corrected chi connectivity index (χ3v) is 4.22. The molecule has 2 aromatic rings. The summed E-state index contributed by atoms with van der Waals surface area (Å²) in [4.78, 5) is 17.7. The molecule has 0 atom stereocenters. The first-order valence-electron chi connectivity index (χ1n) is 7.30. The molecular weight excluding hydrogens is 309 g/mol. The predicted molar refractivity (Wildman–Crippen MR) is 78.1 cm³/mol. The number of alkyl halides is 3. The number of aromatic nitrogens is 1. The van der Waals surface area contributed by atoms with Crippen LogP contribution in [0.1, 0.15) is 23.3 Å². The number of aromatic hydroxyl groups is 1. The van der Waals surface area contributed by atoms with Crippen molar-refractivity contribution in [2.75, 3.05) is 13.1 Å². The van der Waals surface area contributed by atoms with Gasteiger partial charge in [0.1, 0.15) is 0 Å². The maximum Gasteiger partial charge on any atom is 0.391 e. The topological polar surface area (TPSA) is 53.4 Å². The quantitative estimate of drug-likeness (QED) is 0.875. The van der Waals surface area contributed by atoms with Gasteiger partial charge in [-0.15, -0.1) is 0 Å². The lowest BCUT2D eigenvalue weighted by Gasteiger charge is -2.32. The molecule has 0 saturated carbocycles. The molecule has 0 aliphatic carbocycles. The molecule has 1 aromatic carbocycles. The van der Waals surface area contributed by atoms with Gasteiger partial charge in [-0.2, -0.15) is 13.2 Å². The fourth-order valence-corrected chi connectivity index (χ4v) is 2.86. The third-order valence-electron chi connectivity index (χ3n) is 4.22. The normalized spacial score (nSPS) is 16.7. The minimum atomic E-state index is -4.22. The van der Waals surface area contributed by atoms with Gasteiger partial charge in [0.15, 0.2) is 11.4 Å². The molecule has 1 saturated heterocycles. The fraction of sp³-hybridized carbons (Fsp3) is 0.375. The monoisotopic (exact) mass is 324 g/mol. The molecule has 2 heterocycles. The van der Waals surface area contributed by atoms with E-state index in [1.165, 1.54) is 11.1 Å². The zero-order valence-electron chi connectivity index (χ0n) is 12.2. The van der Waals surface area contributed by atoms with Crippen LogP contribution in [0, 0.1) is 5.92 Å². The molecule has 122 valence electrons. The van der Waals surface area contributed by atoms with Crippen LogP contribution in [0.4, 0.5) is 13.2 Å². The average molecular weight is 324 g/mol. The lowest BCUT2D eigenvalue weighted by Crippen LogP contribution is -2.42. The minimum Gasteiger partial charge on any atom is -0.505 e. The highest BCUT2D eigenvalue weighted by Gasteiger charge is 2.42. The van der Waals surface area contributed by atoms with Crippen LogP contribution in [0.5, 0.6) is 5.75 Å². The number of carbonyl (C=O) groups excluding carboxylic acids is 1. The van der Waals surface area contributed by atoms with E-state index in [2.05, 4.69) is 4.98 Å². The average Bonchev–Trinajstić information content (AvgIpc) is 2.54. The van der Waals surface area contributed by atoms with Gasteiger partial charge >= 0.3 is 6.18 Å². The molecule has 1 aliphatic rings. The number of carbonyl (C=O) groups is 1. The Morgan fingerprint density at radius 1 is 1.22 bits per heavy atom. The molecule has 4 nitrogen and oxygen atoms in total. The van der Waals surface area contributed by atoms with Gasteiger partial charge in [0.05, 0.1) is 5.92 Å². The van der Waals surface area contributed by atoms with Gasteiger partial charge in [-0.1, -0.05) is 24.3 Å². The highest BCUT2D eigenvalue weighted by Crippen LogP contribution is 2.35. The van der Waals surface area contributed by atoms with Crippen LogP contribution in [0.2, 0.25) is 0 Å². The highest BCUT2D eigenvalue weighted by molar-refractivity contribution is 6.01. The van der Waals surface area contributed by atoms with Crippen molar-refractivity contribution in [1.29, 1.82) is 0 Å². The smallest absolute Gasteiger partial charge is 0.391 e. The van der Waals surface area contributed by atoms with Gasteiger partial charge in [0.25, 0.3) is 5.91 Å². The summed E-state index contributed by atoms with van der Waals surface area (Å²) in [7, 11) is 0. The molecule has 0 radical (unpaired) electrons. The number of hydrogen-bond donors (Lipinski definition) is 1. The van der Waals surface area contributed by atoms with Gasteiger partial charge in [-0.3, -0.25) is 4.79 Å². The van der Waals surface area contributed by atoms with E-state index in [9.17, 15) is 23.1 Å². The van der Waals surface area contributed by atoms with Crippen LogP contribution < -0.4 is 0 Å². The van der Waals surface area contributed by atoms with Crippen LogP contribution >= 0.6 is 0 Å². The summed E-state index contributed by atoms with van der Waals surface area (Å²) in [5, 5.41) is 11.4. The number of halogens is 3.